The summed E-state index contributed by atoms with van der Waals surface area (Å²) in [6, 6.07) is 8.48. The third-order valence-corrected chi connectivity index (χ3v) is 4.07. The molecule has 0 aliphatic carbocycles. The van der Waals surface area contributed by atoms with Crippen LogP contribution in [0.25, 0.3) is 0 Å². The molecule has 0 saturated carbocycles. The summed E-state index contributed by atoms with van der Waals surface area (Å²) in [5, 5.41) is 0. The number of rotatable bonds is 5. The van der Waals surface area contributed by atoms with Gasteiger partial charge in [0, 0.05) is 0 Å². The number of aryl methyl sites for hydroxylation is 1. The summed E-state index contributed by atoms with van der Waals surface area (Å²) in [4.78, 5) is 37.5. The Balaban J connectivity index is 1.66. The lowest BCUT2D eigenvalue weighted by Gasteiger charge is -2.20. The number of carbonyl (C=O) groups excluding carboxylic acids is 3. The molecule has 1 aliphatic heterocycles. The number of anilines is 1. The van der Waals surface area contributed by atoms with Crippen LogP contribution in [0, 0.1) is 6.92 Å². The number of furan rings is 1. The summed E-state index contributed by atoms with van der Waals surface area (Å²) >= 11 is 0. The summed E-state index contributed by atoms with van der Waals surface area (Å²) in [5.41, 5.74) is 0.802. The number of para-hydroxylation sites is 2. The number of fused-ring (bicyclic) bond motifs is 1. The van der Waals surface area contributed by atoms with Crippen LogP contribution in [-0.2, 0) is 25.7 Å². The van der Waals surface area contributed by atoms with Crippen molar-refractivity contribution >= 4 is 23.5 Å². The van der Waals surface area contributed by atoms with E-state index in [0.717, 1.165) is 0 Å². The fourth-order valence-corrected chi connectivity index (χ4v) is 2.75. The quantitative estimate of drug-likeness (QED) is 0.742. The van der Waals surface area contributed by atoms with Crippen molar-refractivity contribution in [1.29, 1.82) is 0 Å². The third kappa shape index (κ3) is 4.11. The minimum atomic E-state index is -0.603. The highest BCUT2D eigenvalue weighted by molar-refractivity contribution is 5.99. The van der Waals surface area contributed by atoms with Gasteiger partial charge in [0.05, 0.1) is 25.8 Å². The first-order valence-corrected chi connectivity index (χ1v) is 8.35. The predicted octanol–water partition coefficient (Wildman–Crippen LogP) is 2.23. The van der Waals surface area contributed by atoms with E-state index in [4.69, 9.17) is 13.9 Å². The van der Waals surface area contributed by atoms with E-state index in [9.17, 15) is 14.4 Å². The molecule has 0 bridgehead atoms. The van der Waals surface area contributed by atoms with Crippen LogP contribution in [0.15, 0.2) is 34.7 Å². The zero-order valence-electron chi connectivity index (χ0n) is 15.0. The maximum absolute atomic E-state index is 12.3. The Bertz CT molecular complexity index is 871. The Labute approximate surface area is 155 Å². The fraction of sp³-hybridized carbons (Fsp3) is 0.316. The second-order valence-corrected chi connectivity index (χ2v) is 5.88. The normalized spacial score (nSPS) is 13.4. The number of hydrogen-bond acceptors (Lipinski definition) is 7. The molecule has 0 spiro atoms. The molecular weight excluding hydrogens is 354 g/mol. The maximum Gasteiger partial charge on any atom is 0.341 e. The first kappa shape index (κ1) is 18.5. The molecule has 8 heteroatoms. The largest absolute Gasteiger partial charge is 0.491 e. The highest BCUT2D eigenvalue weighted by Gasteiger charge is 2.26. The van der Waals surface area contributed by atoms with E-state index in [1.807, 2.05) is 0 Å². The maximum atomic E-state index is 12.3. The average molecular weight is 373 g/mol. The van der Waals surface area contributed by atoms with E-state index in [-0.39, 0.29) is 37.6 Å². The standard InChI is InChI=1S/C19H19NO7/c1-12-14(19(23)24-2)9-13(27-12)11-26-18(22)10-20-15-5-3-4-6-16(15)25-8-7-17(20)21/h3-6,9H,7-8,10-11H2,1-2H3. The molecule has 0 N–H and O–H groups in total. The Hall–Kier alpha value is -3.29. The van der Waals surface area contributed by atoms with Gasteiger partial charge in [0.15, 0.2) is 0 Å². The third-order valence-electron chi connectivity index (χ3n) is 4.07. The summed E-state index contributed by atoms with van der Waals surface area (Å²) in [6.07, 6.45) is 0.168. The lowest BCUT2D eigenvalue weighted by Crippen LogP contribution is -2.36. The minimum absolute atomic E-state index is 0.156. The van der Waals surface area contributed by atoms with Gasteiger partial charge in [0.25, 0.3) is 0 Å². The number of amides is 1. The lowest BCUT2D eigenvalue weighted by molar-refractivity contribution is -0.144. The Morgan fingerprint density at radius 1 is 1.26 bits per heavy atom. The molecule has 0 unspecified atom stereocenters. The van der Waals surface area contributed by atoms with Crippen molar-refractivity contribution in [3.63, 3.8) is 0 Å². The molecule has 1 amide bonds. The SMILES string of the molecule is COC(=O)c1cc(COC(=O)CN2C(=O)CCOc3ccccc32)oc1C. The number of methoxy groups -OCH3 is 1. The molecule has 0 saturated heterocycles. The fourth-order valence-electron chi connectivity index (χ4n) is 2.75. The van der Waals surface area contributed by atoms with Crippen molar-refractivity contribution in [1.82, 2.24) is 0 Å². The van der Waals surface area contributed by atoms with Crippen molar-refractivity contribution < 1.29 is 33.0 Å². The molecule has 1 aromatic heterocycles. The van der Waals surface area contributed by atoms with Gasteiger partial charge in [-0.05, 0) is 25.1 Å². The number of carbonyl (C=O) groups is 3. The average Bonchev–Trinajstić information content (AvgIpc) is 2.97. The van der Waals surface area contributed by atoms with E-state index in [1.165, 1.54) is 18.1 Å². The van der Waals surface area contributed by atoms with Crippen LogP contribution in [0.1, 0.15) is 28.3 Å². The zero-order chi connectivity index (χ0) is 19.4. The van der Waals surface area contributed by atoms with Gasteiger partial charge in [-0.1, -0.05) is 12.1 Å². The summed E-state index contributed by atoms with van der Waals surface area (Å²) in [5.74, 6) is -0.123. The highest BCUT2D eigenvalue weighted by atomic mass is 16.5. The van der Waals surface area contributed by atoms with Gasteiger partial charge >= 0.3 is 11.9 Å². The summed E-state index contributed by atoms with van der Waals surface area (Å²) in [6.45, 7) is 1.47. The lowest BCUT2D eigenvalue weighted by atomic mass is 10.2. The van der Waals surface area contributed by atoms with Gasteiger partial charge in [-0.2, -0.15) is 0 Å². The predicted molar refractivity (Wildman–Crippen MR) is 93.5 cm³/mol. The summed E-state index contributed by atoms with van der Waals surface area (Å²) < 4.78 is 20.8. The smallest absolute Gasteiger partial charge is 0.341 e. The molecule has 2 aromatic rings. The van der Waals surface area contributed by atoms with Gasteiger partial charge in [-0.3, -0.25) is 14.5 Å². The molecule has 0 atom stereocenters. The molecule has 0 fully saturated rings. The first-order valence-electron chi connectivity index (χ1n) is 8.35. The van der Waals surface area contributed by atoms with Crippen LogP contribution >= 0.6 is 0 Å². The van der Waals surface area contributed by atoms with Crippen LogP contribution in [0.3, 0.4) is 0 Å². The zero-order valence-corrected chi connectivity index (χ0v) is 15.0. The number of ether oxygens (including phenoxy) is 3. The van der Waals surface area contributed by atoms with E-state index in [1.54, 1.807) is 31.2 Å². The molecular formula is C19H19NO7. The Kier molecular flexibility index (Phi) is 5.44. The van der Waals surface area contributed by atoms with Crippen LogP contribution < -0.4 is 9.64 Å². The molecule has 0 radical (unpaired) electrons. The van der Waals surface area contributed by atoms with Crippen molar-refractivity contribution in [2.45, 2.75) is 20.0 Å². The first-order chi connectivity index (χ1) is 13.0. The van der Waals surface area contributed by atoms with Gasteiger partial charge in [-0.25, -0.2) is 4.79 Å². The van der Waals surface area contributed by atoms with Gasteiger partial charge in [0.1, 0.15) is 36.0 Å². The van der Waals surface area contributed by atoms with Crippen LogP contribution in [0.4, 0.5) is 5.69 Å². The van der Waals surface area contributed by atoms with Crippen molar-refractivity contribution in [2.24, 2.45) is 0 Å². The van der Waals surface area contributed by atoms with Crippen LogP contribution in [0.5, 0.6) is 5.75 Å². The second kappa shape index (κ2) is 7.94. The monoisotopic (exact) mass is 373 g/mol. The highest BCUT2D eigenvalue weighted by Crippen LogP contribution is 2.30. The molecule has 1 aliphatic rings. The number of nitrogens with zero attached hydrogens (tertiary/aromatic N) is 1. The topological polar surface area (TPSA) is 95.3 Å². The van der Waals surface area contributed by atoms with Crippen molar-refractivity contribution in [2.75, 3.05) is 25.2 Å². The van der Waals surface area contributed by atoms with Gasteiger partial charge in [0.2, 0.25) is 5.91 Å². The number of esters is 2. The van der Waals surface area contributed by atoms with E-state index in [2.05, 4.69) is 4.74 Å². The van der Waals surface area contributed by atoms with Gasteiger partial charge < -0.3 is 18.6 Å². The van der Waals surface area contributed by atoms with E-state index >= 15 is 0 Å². The minimum Gasteiger partial charge on any atom is -0.491 e. The van der Waals surface area contributed by atoms with Crippen molar-refractivity contribution in [3.05, 3.63) is 47.4 Å². The molecule has 27 heavy (non-hydrogen) atoms. The van der Waals surface area contributed by atoms with E-state index in [0.29, 0.717) is 23.0 Å². The Morgan fingerprint density at radius 2 is 2.04 bits per heavy atom. The molecule has 8 nitrogen and oxygen atoms in total. The Morgan fingerprint density at radius 3 is 2.81 bits per heavy atom. The molecule has 2 heterocycles. The van der Waals surface area contributed by atoms with Crippen molar-refractivity contribution in [3.8, 4) is 5.75 Å². The van der Waals surface area contributed by atoms with Gasteiger partial charge in [-0.15, -0.1) is 0 Å². The molecule has 1 aromatic carbocycles. The number of hydrogen-bond donors (Lipinski definition) is 0. The van der Waals surface area contributed by atoms with Crippen LogP contribution in [0.2, 0.25) is 0 Å². The van der Waals surface area contributed by atoms with Crippen LogP contribution in [-0.4, -0.2) is 38.1 Å². The molecule has 142 valence electrons. The van der Waals surface area contributed by atoms with E-state index < -0.39 is 11.9 Å². The number of benzene rings is 1. The summed E-state index contributed by atoms with van der Waals surface area (Å²) in [7, 11) is 1.27. The second-order valence-electron chi connectivity index (χ2n) is 5.88. The molecule has 3 rings (SSSR count).